The highest BCUT2D eigenvalue weighted by molar-refractivity contribution is 6.03. The van der Waals surface area contributed by atoms with Crippen LogP contribution in [-0.4, -0.2) is 15.9 Å². The van der Waals surface area contributed by atoms with E-state index in [1.807, 2.05) is 0 Å². The molecule has 0 saturated carbocycles. The Hall–Kier alpha value is -2.63. The van der Waals surface area contributed by atoms with Crippen molar-refractivity contribution >= 4 is 17.5 Å². The van der Waals surface area contributed by atoms with Gasteiger partial charge in [0.1, 0.15) is 5.69 Å². The van der Waals surface area contributed by atoms with E-state index in [0.29, 0.717) is 5.56 Å². The minimum absolute atomic E-state index is 0.232. The maximum absolute atomic E-state index is 11.7. The number of nitrogens with zero attached hydrogens (tertiary/aromatic N) is 3. The number of aromatic nitrogens is 2. The quantitative estimate of drug-likeness (QED) is 0.815. The number of nitroso groups, excluding NO2 is 1. The Labute approximate surface area is 96.7 Å². The molecule has 6 heteroatoms. The molecule has 2 aromatic rings. The Morgan fingerprint density at radius 1 is 1.12 bits per heavy atom. The Balaban J connectivity index is 2.12. The number of amides is 1. The first kappa shape index (κ1) is 10.9. The standard InChI is InChI=1S/C11H8N4O2/c16-10(14-11-12-6-1-7-13-11)8-2-4-9(15-17)5-3-8/h1-7H,(H,12,13,14,16). The first-order chi connectivity index (χ1) is 8.29. The molecule has 6 nitrogen and oxygen atoms in total. The Morgan fingerprint density at radius 2 is 1.76 bits per heavy atom. The van der Waals surface area contributed by atoms with E-state index in [-0.39, 0.29) is 17.5 Å². The highest BCUT2D eigenvalue weighted by Gasteiger charge is 2.06. The van der Waals surface area contributed by atoms with Gasteiger partial charge in [-0.15, -0.1) is 4.91 Å². The predicted molar refractivity (Wildman–Crippen MR) is 61.9 cm³/mol. The molecule has 1 aromatic carbocycles. The predicted octanol–water partition coefficient (Wildman–Crippen LogP) is 2.13. The van der Waals surface area contributed by atoms with Gasteiger partial charge in [0.2, 0.25) is 5.95 Å². The van der Waals surface area contributed by atoms with Crippen molar-refractivity contribution in [2.45, 2.75) is 0 Å². The number of benzene rings is 1. The van der Waals surface area contributed by atoms with Gasteiger partial charge in [0, 0.05) is 18.0 Å². The van der Waals surface area contributed by atoms with Crippen LogP contribution in [0.4, 0.5) is 11.6 Å². The van der Waals surface area contributed by atoms with E-state index >= 15 is 0 Å². The van der Waals surface area contributed by atoms with Gasteiger partial charge in [0.05, 0.1) is 0 Å². The Kier molecular flexibility index (Phi) is 3.15. The van der Waals surface area contributed by atoms with Crippen LogP contribution in [-0.2, 0) is 0 Å². The van der Waals surface area contributed by atoms with Gasteiger partial charge in [-0.25, -0.2) is 9.97 Å². The third-order valence-corrected chi connectivity index (χ3v) is 2.03. The Bertz CT molecular complexity index is 525. The molecule has 0 aliphatic carbocycles. The fourth-order valence-corrected chi connectivity index (χ4v) is 1.21. The molecule has 1 N–H and O–H groups in total. The van der Waals surface area contributed by atoms with Gasteiger partial charge in [0.25, 0.3) is 5.91 Å². The van der Waals surface area contributed by atoms with Crippen molar-refractivity contribution in [2.75, 3.05) is 5.32 Å². The summed E-state index contributed by atoms with van der Waals surface area (Å²) in [7, 11) is 0. The average Bonchev–Trinajstić information content (AvgIpc) is 2.40. The largest absolute Gasteiger partial charge is 0.290 e. The van der Waals surface area contributed by atoms with Crippen LogP contribution in [0, 0.1) is 4.91 Å². The van der Waals surface area contributed by atoms with E-state index in [9.17, 15) is 9.70 Å². The topological polar surface area (TPSA) is 84.3 Å². The SMILES string of the molecule is O=Nc1ccc(C(=O)Nc2ncccn2)cc1. The van der Waals surface area contributed by atoms with Crippen LogP contribution in [0.3, 0.4) is 0 Å². The zero-order valence-electron chi connectivity index (χ0n) is 8.70. The van der Waals surface area contributed by atoms with Crippen molar-refractivity contribution in [1.82, 2.24) is 9.97 Å². The number of anilines is 1. The average molecular weight is 228 g/mol. The van der Waals surface area contributed by atoms with Gasteiger partial charge in [0.15, 0.2) is 0 Å². The maximum Gasteiger partial charge on any atom is 0.258 e. The molecule has 2 rings (SSSR count). The lowest BCUT2D eigenvalue weighted by Crippen LogP contribution is -2.13. The molecule has 17 heavy (non-hydrogen) atoms. The van der Waals surface area contributed by atoms with Crippen molar-refractivity contribution in [3.63, 3.8) is 0 Å². The van der Waals surface area contributed by atoms with Crippen LogP contribution in [0.25, 0.3) is 0 Å². The van der Waals surface area contributed by atoms with Gasteiger partial charge >= 0.3 is 0 Å². The first-order valence-electron chi connectivity index (χ1n) is 4.81. The highest BCUT2D eigenvalue weighted by atomic mass is 16.3. The van der Waals surface area contributed by atoms with Crippen LogP contribution in [0.15, 0.2) is 47.9 Å². The fraction of sp³-hybridized carbons (Fsp3) is 0. The minimum atomic E-state index is -0.339. The number of nitrogens with one attached hydrogen (secondary N) is 1. The monoisotopic (exact) mass is 228 g/mol. The van der Waals surface area contributed by atoms with Crippen molar-refractivity contribution in [1.29, 1.82) is 0 Å². The van der Waals surface area contributed by atoms with Gasteiger partial charge in [-0.05, 0) is 35.5 Å². The number of hydrogen-bond acceptors (Lipinski definition) is 5. The van der Waals surface area contributed by atoms with Crippen molar-refractivity contribution < 1.29 is 4.79 Å². The zero-order valence-corrected chi connectivity index (χ0v) is 8.70. The highest BCUT2D eigenvalue weighted by Crippen LogP contribution is 2.12. The molecular formula is C11H8N4O2. The van der Waals surface area contributed by atoms with Crippen molar-refractivity contribution in [3.8, 4) is 0 Å². The van der Waals surface area contributed by atoms with Crippen molar-refractivity contribution in [2.24, 2.45) is 5.18 Å². The molecule has 0 radical (unpaired) electrons. The molecule has 0 bridgehead atoms. The molecule has 0 saturated heterocycles. The van der Waals surface area contributed by atoms with E-state index in [1.165, 1.54) is 36.7 Å². The summed E-state index contributed by atoms with van der Waals surface area (Å²) in [5.41, 5.74) is 0.683. The third kappa shape index (κ3) is 2.69. The van der Waals surface area contributed by atoms with Crippen LogP contribution < -0.4 is 5.32 Å². The lowest BCUT2D eigenvalue weighted by Gasteiger charge is -2.02. The second kappa shape index (κ2) is 4.93. The summed E-state index contributed by atoms with van der Waals surface area (Å²) in [6.45, 7) is 0. The molecule has 1 heterocycles. The van der Waals surface area contributed by atoms with E-state index in [4.69, 9.17) is 0 Å². The fourth-order valence-electron chi connectivity index (χ4n) is 1.21. The maximum atomic E-state index is 11.7. The molecule has 1 aromatic heterocycles. The van der Waals surface area contributed by atoms with E-state index in [2.05, 4.69) is 20.5 Å². The number of carbonyl (C=O) groups is 1. The summed E-state index contributed by atoms with van der Waals surface area (Å²) >= 11 is 0. The number of carbonyl (C=O) groups excluding carboxylic acids is 1. The molecule has 0 aliphatic heterocycles. The molecule has 0 aliphatic rings. The van der Waals surface area contributed by atoms with E-state index < -0.39 is 0 Å². The summed E-state index contributed by atoms with van der Waals surface area (Å²) in [5, 5.41) is 5.27. The third-order valence-electron chi connectivity index (χ3n) is 2.03. The molecular weight excluding hydrogens is 220 g/mol. The van der Waals surface area contributed by atoms with E-state index in [0.717, 1.165) is 0 Å². The Morgan fingerprint density at radius 3 is 2.35 bits per heavy atom. The minimum Gasteiger partial charge on any atom is -0.290 e. The zero-order chi connectivity index (χ0) is 12.1. The van der Waals surface area contributed by atoms with Gasteiger partial charge in [-0.2, -0.15) is 0 Å². The van der Waals surface area contributed by atoms with Gasteiger partial charge in [-0.1, -0.05) is 0 Å². The normalized spacial score (nSPS) is 9.65. The summed E-state index contributed by atoms with van der Waals surface area (Å²) < 4.78 is 0. The summed E-state index contributed by atoms with van der Waals surface area (Å²) in [6.07, 6.45) is 3.06. The lowest BCUT2D eigenvalue weighted by atomic mass is 10.2. The van der Waals surface area contributed by atoms with Crippen LogP contribution in [0.2, 0.25) is 0 Å². The number of hydrogen-bond donors (Lipinski definition) is 1. The molecule has 0 unspecified atom stereocenters. The van der Waals surface area contributed by atoms with Gasteiger partial charge in [-0.3, -0.25) is 10.1 Å². The lowest BCUT2D eigenvalue weighted by molar-refractivity contribution is 0.102. The van der Waals surface area contributed by atoms with Crippen molar-refractivity contribution in [3.05, 3.63) is 53.2 Å². The smallest absolute Gasteiger partial charge is 0.258 e. The first-order valence-corrected chi connectivity index (χ1v) is 4.81. The number of rotatable bonds is 3. The second-order valence-electron chi connectivity index (χ2n) is 3.16. The summed E-state index contributed by atoms with van der Waals surface area (Å²) in [4.78, 5) is 29.7. The molecule has 0 fully saturated rings. The van der Waals surface area contributed by atoms with E-state index in [1.54, 1.807) is 6.07 Å². The molecule has 84 valence electrons. The van der Waals surface area contributed by atoms with Crippen LogP contribution in [0.1, 0.15) is 10.4 Å². The molecule has 0 atom stereocenters. The van der Waals surface area contributed by atoms with Crippen LogP contribution >= 0.6 is 0 Å². The van der Waals surface area contributed by atoms with Gasteiger partial charge < -0.3 is 0 Å². The summed E-state index contributed by atoms with van der Waals surface area (Å²) in [6, 6.07) is 7.60. The molecule has 1 amide bonds. The second-order valence-corrected chi connectivity index (χ2v) is 3.16. The van der Waals surface area contributed by atoms with Crippen LogP contribution in [0.5, 0.6) is 0 Å². The summed E-state index contributed by atoms with van der Waals surface area (Å²) in [5.74, 6) is -0.108. The molecule has 0 spiro atoms.